The van der Waals surface area contributed by atoms with Gasteiger partial charge in [-0.15, -0.1) is 0 Å². The van der Waals surface area contributed by atoms with Crippen LogP contribution in [0.5, 0.6) is 0 Å². The summed E-state index contributed by atoms with van der Waals surface area (Å²) in [4.78, 5) is 16.0. The summed E-state index contributed by atoms with van der Waals surface area (Å²) in [5.74, 6) is 0.181. The van der Waals surface area contributed by atoms with Gasteiger partial charge in [-0.2, -0.15) is 0 Å². The van der Waals surface area contributed by atoms with Gasteiger partial charge in [0.2, 0.25) is 0 Å². The number of amides is 1. The molecule has 1 aromatic rings. The summed E-state index contributed by atoms with van der Waals surface area (Å²) < 4.78 is 0. The molecule has 1 aromatic heterocycles. The van der Waals surface area contributed by atoms with Crippen molar-refractivity contribution in [1.82, 2.24) is 10.3 Å². The van der Waals surface area contributed by atoms with E-state index in [0.717, 1.165) is 18.5 Å². The molecule has 0 aliphatic carbocycles. The Morgan fingerprint density at radius 3 is 2.76 bits per heavy atom. The van der Waals surface area contributed by atoms with Crippen molar-refractivity contribution in [2.75, 3.05) is 6.54 Å². The zero-order chi connectivity index (χ0) is 12.8. The van der Waals surface area contributed by atoms with Gasteiger partial charge in [0.1, 0.15) is 5.15 Å². The molecule has 1 amide bonds. The lowest BCUT2D eigenvalue weighted by molar-refractivity contribution is 0.0953. The molecule has 0 radical (unpaired) electrons. The second kappa shape index (κ2) is 6.60. The van der Waals surface area contributed by atoms with Crippen LogP contribution in [0, 0.1) is 0 Å². The van der Waals surface area contributed by atoms with Gasteiger partial charge in [0.05, 0.1) is 0 Å². The van der Waals surface area contributed by atoms with E-state index in [2.05, 4.69) is 17.2 Å². The van der Waals surface area contributed by atoms with Crippen molar-refractivity contribution in [3.05, 3.63) is 28.5 Å². The number of hydrogen-bond acceptors (Lipinski definition) is 2. The molecule has 94 valence electrons. The molecule has 0 saturated carbocycles. The van der Waals surface area contributed by atoms with Crippen molar-refractivity contribution >= 4 is 17.5 Å². The Bertz CT molecular complexity index is 391. The fourth-order valence-electron chi connectivity index (χ4n) is 1.42. The van der Waals surface area contributed by atoms with Gasteiger partial charge in [-0.25, -0.2) is 4.98 Å². The smallest absolute Gasteiger partial charge is 0.251 e. The molecule has 0 spiro atoms. The molecule has 1 rings (SSSR count). The zero-order valence-corrected chi connectivity index (χ0v) is 11.3. The van der Waals surface area contributed by atoms with Gasteiger partial charge in [-0.1, -0.05) is 38.8 Å². The van der Waals surface area contributed by atoms with Crippen molar-refractivity contribution < 1.29 is 4.79 Å². The molecule has 0 aromatic carbocycles. The standard InChI is InChI=1S/C13H19ClN2O/c1-4-5-6-15-13(17)10-7-11(9(2)3)16-12(14)8-10/h7-9H,4-6H2,1-3H3,(H,15,17). The highest BCUT2D eigenvalue weighted by Gasteiger charge is 2.10. The highest BCUT2D eigenvalue weighted by molar-refractivity contribution is 6.29. The van der Waals surface area contributed by atoms with Crippen LogP contribution in [0.3, 0.4) is 0 Å². The lowest BCUT2D eigenvalue weighted by atomic mass is 10.1. The molecule has 17 heavy (non-hydrogen) atoms. The molecule has 0 aliphatic heterocycles. The van der Waals surface area contributed by atoms with Crippen molar-refractivity contribution in [2.24, 2.45) is 0 Å². The summed E-state index contributed by atoms with van der Waals surface area (Å²) in [6.07, 6.45) is 2.05. The maximum absolute atomic E-state index is 11.8. The Morgan fingerprint density at radius 2 is 2.18 bits per heavy atom. The Balaban J connectivity index is 2.79. The van der Waals surface area contributed by atoms with E-state index in [9.17, 15) is 4.79 Å². The Morgan fingerprint density at radius 1 is 1.47 bits per heavy atom. The van der Waals surface area contributed by atoms with Crippen LogP contribution in [0.15, 0.2) is 12.1 Å². The number of nitrogens with zero attached hydrogens (tertiary/aromatic N) is 1. The molecule has 3 nitrogen and oxygen atoms in total. The van der Waals surface area contributed by atoms with Crippen molar-refractivity contribution in [3.8, 4) is 0 Å². The number of hydrogen-bond donors (Lipinski definition) is 1. The van der Waals surface area contributed by atoms with Crippen molar-refractivity contribution in [2.45, 2.75) is 39.5 Å². The van der Waals surface area contributed by atoms with Crippen LogP contribution >= 0.6 is 11.6 Å². The highest BCUT2D eigenvalue weighted by Crippen LogP contribution is 2.17. The molecule has 4 heteroatoms. The normalized spacial score (nSPS) is 10.6. The molecule has 0 atom stereocenters. The van der Waals surface area contributed by atoms with E-state index >= 15 is 0 Å². The minimum atomic E-state index is -0.0790. The third-order valence-corrected chi connectivity index (χ3v) is 2.68. The molecule has 0 bridgehead atoms. The van der Waals surface area contributed by atoms with Gasteiger partial charge < -0.3 is 5.32 Å². The average Bonchev–Trinajstić information content (AvgIpc) is 2.28. The average molecular weight is 255 g/mol. The monoisotopic (exact) mass is 254 g/mol. The van der Waals surface area contributed by atoms with Gasteiger partial charge in [-0.05, 0) is 24.5 Å². The largest absolute Gasteiger partial charge is 0.352 e. The Kier molecular flexibility index (Phi) is 5.42. The molecule has 0 unspecified atom stereocenters. The molecule has 1 N–H and O–H groups in total. The van der Waals surface area contributed by atoms with E-state index in [-0.39, 0.29) is 11.8 Å². The lowest BCUT2D eigenvalue weighted by Crippen LogP contribution is -2.24. The topological polar surface area (TPSA) is 42.0 Å². The zero-order valence-electron chi connectivity index (χ0n) is 10.6. The minimum absolute atomic E-state index is 0.0790. The first kappa shape index (κ1) is 14.0. The summed E-state index contributed by atoms with van der Waals surface area (Å²) >= 11 is 5.91. The van der Waals surface area contributed by atoms with Crippen LogP contribution in [-0.4, -0.2) is 17.4 Å². The third kappa shape index (κ3) is 4.35. The first-order chi connectivity index (χ1) is 8.04. The second-order valence-electron chi connectivity index (χ2n) is 4.37. The predicted octanol–water partition coefficient (Wildman–Crippen LogP) is 3.39. The first-order valence-electron chi connectivity index (χ1n) is 6.00. The number of carbonyl (C=O) groups is 1. The maximum atomic E-state index is 11.8. The van der Waals surface area contributed by atoms with Crippen LogP contribution in [0.1, 0.15) is 55.6 Å². The number of halogens is 1. The minimum Gasteiger partial charge on any atom is -0.352 e. The van der Waals surface area contributed by atoms with Gasteiger partial charge in [0.25, 0.3) is 5.91 Å². The second-order valence-corrected chi connectivity index (χ2v) is 4.75. The van der Waals surface area contributed by atoms with E-state index in [0.29, 0.717) is 17.3 Å². The van der Waals surface area contributed by atoms with Crippen LogP contribution < -0.4 is 5.32 Å². The van der Waals surface area contributed by atoms with Gasteiger partial charge >= 0.3 is 0 Å². The fraction of sp³-hybridized carbons (Fsp3) is 0.538. The van der Waals surface area contributed by atoms with E-state index in [4.69, 9.17) is 11.6 Å². The number of unbranched alkanes of at least 4 members (excludes halogenated alkanes) is 1. The summed E-state index contributed by atoms with van der Waals surface area (Å²) in [5.41, 5.74) is 1.43. The van der Waals surface area contributed by atoms with Gasteiger partial charge in [-0.3, -0.25) is 4.79 Å². The predicted molar refractivity (Wildman–Crippen MR) is 70.6 cm³/mol. The van der Waals surface area contributed by atoms with Crippen molar-refractivity contribution in [1.29, 1.82) is 0 Å². The molecular formula is C13H19ClN2O. The molecule has 0 saturated heterocycles. The lowest BCUT2D eigenvalue weighted by Gasteiger charge is -2.09. The van der Waals surface area contributed by atoms with Crippen LogP contribution in [-0.2, 0) is 0 Å². The van der Waals surface area contributed by atoms with Gasteiger partial charge in [0, 0.05) is 17.8 Å². The molecule has 0 aliphatic rings. The summed E-state index contributed by atoms with van der Waals surface area (Å²) in [7, 11) is 0. The Hall–Kier alpha value is -1.09. The van der Waals surface area contributed by atoms with Crippen molar-refractivity contribution in [3.63, 3.8) is 0 Å². The number of pyridine rings is 1. The summed E-state index contributed by atoms with van der Waals surface area (Å²) in [5, 5.41) is 3.24. The molecular weight excluding hydrogens is 236 g/mol. The van der Waals surface area contributed by atoms with Gasteiger partial charge in [0.15, 0.2) is 0 Å². The molecule has 0 fully saturated rings. The van der Waals surface area contributed by atoms with Crippen LogP contribution in [0.2, 0.25) is 5.15 Å². The number of nitrogens with one attached hydrogen (secondary N) is 1. The highest BCUT2D eigenvalue weighted by atomic mass is 35.5. The number of carbonyl (C=O) groups excluding carboxylic acids is 1. The molecule has 1 heterocycles. The van der Waals surface area contributed by atoms with E-state index in [1.807, 2.05) is 13.8 Å². The van der Waals surface area contributed by atoms with Crippen LogP contribution in [0.4, 0.5) is 0 Å². The quantitative estimate of drug-likeness (QED) is 0.647. The maximum Gasteiger partial charge on any atom is 0.251 e. The first-order valence-corrected chi connectivity index (χ1v) is 6.38. The number of rotatable bonds is 5. The number of aromatic nitrogens is 1. The van der Waals surface area contributed by atoms with Crippen LogP contribution in [0.25, 0.3) is 0 Å². The summed E-state index contributed by atoms with van der Waals surface area (Å²) in [6, 6.07) is 3.41. The summed E-state index contributed by atoms with van der Waals surface area (Å²) in [6.45, 7) is 6.84. The van der Waals surface area contributed by atoms with E-state index in [1.165, 1.54) is 0 Å². The fourth-order valence-corrected chi connectivity index (χ4v) is 1.64. The third-order valence-electron chi connectivity index (χ3n) is 2.48. The van der Waals surface area contributed by atoms with E-state index in [1.54, 1.807) is 12.1 Å². The van der Waals surface area contributed by atoms with E-state index < -0.39 is 0 Å². The SMILES string of the molecule is CCCCNC(=O)c1cc(Cl)nc(C(C)C)c1. The Labute approximate surface area is 108 Å².